The van der Waals surface area contributed by atoms with E-state index in [-0.39, 0.29) is 0 Å². The zero-order valence-corrected chi connectivity index (χ0v) is 10.7. The third kappa shape index (κ3) is 2.67. The normalized spacial score (nSPS) is 32.6. The van der Waals surface area contributed by atoms with Gasteiger partial charge in [0, 0.05) is 11.8 Å². The highest BCUT2D eigenvalue weighted by Crippen LogP contribution is 2.47. The smallest absolute Gasteiger partial charge is 0.139 e. The fourth-order valence-electron chi connectivity index (χ4n) is 3.71. The van der Waals surface area contributed by atoms with Gasteiger partial charge >= 0.3 is 0 Å². The highest BCUT2D eigenvalue weighted by atomic mass is 16.1. The van der Waals surface area contributed by atoms with Crippen molar-refractivity contribution >= 4 is 5.78 Å². The van der Waals surface area contributed by atoms with Crippen molar-refractivity contribution < 1.29 is 4.79 Å². The number of carbonyl (C=O) groups is 1. The molecule has 2 saturated carbocycles. The van der Waals surface area contributed by atoms with Crippen LogP contribution in [0.5, 0.6) is 0 Å². The fraction of sp³-hybridized carbons (Fsp3) is 0.933. The predicted octanol–water partition coefficient (Wildman–Crippen LogP) is 4.35. The van der Waals surface area contributed by atoms with E-state index in [1.54, 1.807) is 0 Å². The van der Waals surface area contributed by atoms with E-state index in [1.807, 2.05) is 0 Å². The summed E-state index contributed by atoms with van der Waals surface area (Å²) in [6, 6.07) is 0. The molecule has 1 nitrogen and oxygen atoms in total. The van der Waals surface area contributed by atoms with Crippen LogP contribution in [0, 0.1) is 17.8 Å². The first-order chi connectivity index (χ1) is 7.83. The quantitative estimate of drug-likeness (QED) is 0.585. The van der Waals surface area contributed by atoms with Crippen LogP contribution >= 0.6 is 0 Å². The number of hydrogen-bond acceptors (Lipinski definition) is 1. The van der Waals surface area contributed by atoms with Gasteiger partial charge in [0.1, 0.15) is 5.78 Å². The summed E-state index contributed by atoms with van der Waals surface area (Å²) in [5, 5.41) is 0. The van der Waals surface area contributed by atoms with E-state index in [0.29, 0.717) is 17.6 Å². The predicted molar refractivity (Wildman–Crippen MR) is 67.3 cm³/mol. The van der Waals surface area contributed by atoms with Crippen molar-refractivity contribution in [2.45, 2.75) is 71.1 Å². The summed E-state index contributed by atoms with van der Waals surface area (Å²) < 4.78 is 0. The monoisotopic (exact) mass is 222 g/mol. The Kier molecular flexibility index (Phi) is 4.43. The van der Waals surface area contributed by atoms with E-state index in [2.05, 4.69) is 6.92 Å². The molecule has 2 rings (SSSR count). The maximum Gasteiger partial charge on any atom is 0.139 e. The lowest BCUT2D eigenvalue weighted by Crippen LogP contribution is -2.12. The molecule has 0 aromatic carbocycles. The van der Waals surface area contributed by atoms with Gasteiger partial charge in [0.2, 0.25) is 0 Å². The van der Waals surface area contributed by atoms with Gasteiger partial charge in [-0.05, 0) is 31.6 Å². The molecular weight excluding hydrogens is 196 g/mol. The van der Waals surface area contributed by atoms with Crippen molar-refractivity contribution in [1.29, 1.82) is 0 Å². The SMILES string of the molecule is CCCCCCCC[C@H]1C[C@H]2CC[C@@H]1C2=O. The minimum atomic E-state index is 0.482. The van der Waals surface area contributed by atoms with E-state index < -0.39 is 0 Å². The number of Topliss-reactive ketones (excluding diaryl/α,β-unsaturated/α-hetero) is 1. The van der Waals surface area contributed by atoms with Crippen molar-refractivity contribution in [3.05, 3.63) is 0 Å². The number of hydrogen-bond donors (Lipinski definition) is 0. The van der Waals surface area contributed by atoms with Gasteiger partial charge in [-0.1, -0.05) is 45.4 Å². The molecule has 0 aromatic rings. The Bertz CT molecular complexity index is 234. The lowest BCUT2D eigenvalue weighted by atomic mass is 9.85. The lowest BCUT2D eigenvalue weighted by Gasteiger charge is -2.19. The number of fused-ring (bicyclic) bond motifs is 2. The van der Waals surface area contributed by atoms with Crippen molar-refractivity contribution in [3.63, 3.8) is 0 Å². The van der Waals surface area contributed by atoms with E-state index >= 15 is 0 Å². The molecule has 0 aliphatic heterocycles. The highest BCUT2D eigenvalue weighted by Gasteiger charge is 2.46. The zero-order chi connectivity index (χ0) is 11.4. The number of ketones is 1. The minimum absolute atomic E-state index is 0.482. The molecule has 0 unspecified atom stereocenters. The molecule has 2 aliphatic carbocycles. The van der Waals surface area contributed by atoms with Crippen molar-refractivity contribution in [2.75, 3.05) is 0 Å². The molecule has 16 heavy (non-hydrogen) atoms. The van der Waals surface area contributed by atoms with Crippen molar-refractivity contribution in [3.8, 4) is 0 Å². The van der Waals surface area contributed by atoms with Gasteiger partial charge in [0.15, 0.2) is 0 Å². The maximum absolute atomic E-state index is 11.8. The van der Waals surface area contributed by atoms with Crippen LogP contribution in [0.2, 0.25) is 0 Å². The third-order valence-corrected chi connectivity index (χ3v) is 4.68. The van der Waals surface area contributed by atoms with Gasteiger partial charge in [-0.25, -0.2) is 0 Å². The Morgan fingerprint density at radius 3 is 2.44 bits per heavy atom. The Morgan fingerprint density at radius 2 is 1.81 bits per heavy atom. The molecule has 2 aliphatic rings. The molecule has 92 valence electrons. The molecule has 0 spiro atoms. The average molecular weight is 222 g/mol. The summed E-state index contributed by atoms with van der Waals surface area (Å²) in [5.41, 5.74) is 0. The van der Waals surface area contributed by atoms with Crippen LogP contribution in [0.15, 0.2) is 0 Å². The van der Waals surface area contributed by atoms with Crippen molar-refractivity contribution in [2.24, 2.45) is 17.8 Å². The number of carbonyl (C=O) groups excluding carboxylic acids is 1. The van der Waals surface area contributed by atoms with Crippen LogP contribution in [0.25, 0.3) is 0 Å². The molecule has 0 heterocycles. The molecule has 0 radical (unpaired) electrons. The first-order valence-corrected chi connectivity index (χ1v) is 7.36. The van der Waals surface area contributed by atoms with E-state index in [0.717, 1.165) is 5.92 Å². The molecule has 0 saturated heterocycles. The topological polar surface area (TPSA) is 17.1 Å². The summed E-state index contributed by atoms with van der Waals surface area (Å²) in [6.07, 6.45) is 13.3. The summed E-state index contributed by atoms with van der Waals surface area (Å²) in [4.78, 5) is 11.8. The van der Waals surface area contributed by atoms with Gasteiger partial charge in [-0.3, -0.25) is 4.79 Å². The van der Waals surface area contributed by atoms with Gasteiger partial charge in [-0.15, -0.1) is 0 Å². The molecule has 0 amide bonds. The standard InChI is InChI=1S/C15H26O/c1-2-3-4-5-6-7-8-12-11-13-9-10-14(12)15(13)16/h12-14H,2-11H2,1H3/t12-,13+,14-/m0/s1. The van der Waals surface area contributed by atoms with Gasteiger partial charge in [0.25, 0.3) is 0 Å². The molecule has 1 heteroatoms. The van der Waals surface area contributed by atoms with Crippen LogP contribution in [-0.2, 0) is 4.79 Å². The first-order valence-electron chi connectivity index (χ1n) is 7.36. The molecule has 3 atom stereocenters. The zero-order valence-electron chi connectivity index (χ0n) is 10.7. The van der Waals surface area contributed by atoms with Crippen LogP contribution < -0.4 is 0 Å². The van der Waals surface area contributed by atoms with E-state index in [9.17, 15) is 4.79 Å². The third-order valence-electron chi connectivity index (χ3n) is 4.68. The Morgan fingerprint density at radius 1 is 1.06 bits per heavy atom. The fourth-order valence-corrected chi connectivity index (χ4v) is 3.71. The summed E-state index contributed by atoms with van der Waals surface area (Å²) in [6.45, 7) is 2.26. The van der Waals surface area contributed by atoms with E-state index in [1.165, 1.54) is 64.2 Å². The summed E-state index contributed by atoms with van der Waals surface area (Å²) in [7, 11) is 0. The van der Waals surface area contributed by atoms with Crippen molar-refractivity contribution in [1.82, 2.24) is 0 Å². The van der Waals surface area contributed by atoms with Crippen LogP contribution in [0.1, 0.15) is 71.1 Å². The summed E-state index contributed by atoms with van der Waals surface area (Å²) in [5.74, 6) is 2.36. The van der Waals surface area contributed by atoms with Gasteiger partial charge in [0.05, 0.1) is 0 Å². The van der Waals surface area contributed by atoms with E-state index in [4.69, 9.17) is 0 Å². The number of rotatable bonds is 7. The van der Waals surface area contributed by atoms with Crippen LogP contribution in [0.3, 0.4) is 0 Å². The number of unbranched alkanes of at least 4 members (excludes halogenated alkanes) is 5. The second kappa shape index (κ2) is 5.84. The lowest BCUT2D eigenvalue weighted by molar-refractivity contribution is -0.121. The molecular formula is C15H26O. The Hall–Kier alpha value is -0.330. The molecule has 2 fully saturated rings. The molecule has 2 bridgehead atoms. The average Bonchev–Trinajstić information content (AvgIpc) is 2.79. The molecule has 0 aromatic heterocycles. The first kappa shape index (κ1) is 12.1. The molecule has 0 N–H and O–H groups in total. The van der Waals surface area contributed by atoms with Gasteiger partial charge in [-0.2, -0.15) is 0 Å². The second-order valence-electron chi connectivity index (χ2n) is 5.84. The summed E-state index contributed by atoms with van der Waals surface area (Å²) >= 11 is 0. The highest BCUT2D eigenvalue weighted by molar-refractivity contribution is 5.87. The Balaban J connectivity index is 1.56. The van der Waals surface area contributed by atoms with Gasteiger partial charge < -0.3 is 0 Å². The maximum atomic E-state index is 11.8. The van der Waals surface area contributed by atoms with Crippen LogP contribution in [-0.4, -0.2) is 5.78 Å². The minimum Gasteiger partial charge on any atom is -0.299 e. The largest absolute Gasteiger partial charge is 0.299 e. The second-order valence-corrected chi connectivity index (χ2v) is 5.84. The Labute approximate surface area is 100.0 Å². The van der Waals surface area contributed by atoms with Crippen LogP contribution in [0.4, 0.5) is 0 Å².